The van der Waals surface area contributed by atoms with Gasteiger partial charge >= 0.3 is 5.97 Å². The summed E-state index contributed by atoms with van der Waals surface area (Å²) in [5, 5.41) is 10.00. The van der Waals surface area contributed by atoms with Crippen LogP contribution in [0.4, 0.5) is 16.0 Å². The maximum absolute atomic E-state index is 13.6. The summed E-state index contributed by atoms with van der Waals surface area (Å²) in [5.74, 6) is -0.337. The third kappa shape index (κ3) is 5.27. The van der Waals surface area contributed by atoms with E-state index in [9.17, 15) is 9.18 Å². The van der Waals surface area contributed by atoms with Crippen LogP contribution in [0.25, 0.3) is 11.3 Å². The Kier molecular flexibility index (Phi) is 7.03. The molecule has 4 atom stereocenters. The van der Waals surface area contributed by atoms with E-state index in [4.69, 9.17) is 26.4 Å². The molecule has 0 aliphatic carbocycles. The standard InChI is InChI=1S/C25H24FN5O4S/c1-33-23(32)15-5-3-7-17(11-15)28-25(36)31-20-13-35-21-19(12-34-22(20)21)30-24-27-9-8-18(29-24)14-4-2-6-16(26)10-14/h2-11,19-22H,12-13H2,1H3,(H,27,29,30)(H2,28,31,36)/t19-,20-,21+,22+/m0/s1. The molecule has 0 unspecified atom stereocenters. The fourth-order valence-corrected chi connectivity index (χ4v) is 4.60. The zero-order chi connectivity index (χ0) is 25.1. The Bertz CT molecular complexity index is 1280. The maximum atomic E-state index is 13.6. The van der Waals surface area contributed by atoms with E-state index in [0.717, 1.165) is 0 Å². The number of thiocarbonyl (C=S) groups is 1. The molecule has 2 aliphatic heterocycles. The number of benzene rings is 2. The smallest absolute Gasteiger partial charge is 0.337 e. The van der Waals surface area contributed by atoms with Crippen molar-refractivity contribution in [1.29, 1.82) is 0 Å². The molecule has 3 heterocycles. The molecule has 36 heavy (non-hydrogen) atoms. The van der Waals surface area contributed by atoms with Gasteiger partial charge in [-0.05, 0) is 48.6 Å². The second-order valence-corrected chi connectivity index (χ2v) is 8.81. The molecule has 0 radical (unpaired) electrons. The van der Waals surface area contributed by atoms with Crippen LogP contribution in [0.2, 0.25) is 0 Å². The lowest BCUT2D eigenvalue weighted by molar-refractivity contribution is 0.0601. The number of hydrogen-bond donors (Lipinski definition) is 3. The van der Waals surface area contributed by atoms with E-state index < -0.39 is 5.97 Å². The van der Waals surface area contributed by atoms with Gasteiger partial charge in [-0.25, -0.2) is 19.2 Å². The van der Waals surface area contributed by atoms with Crippen molar-refractivity contribution in [3.63, 3.8) is 0 Å². The summed E-state index contributed by atoms with van der Waals surface area (Å²) in [6.07, 6.45) is 1.17. The van der Waals surface area contributed by atoms with Crippen molar-refractivity contribution in [2.75, 3.05) is 31.0 Å². The molecule has 3 aromatic rings. The van der Waals surface area contributed by atoms with E-state index in [1.165, 1.54) is 19.2 Å². The number of halogens is 1. The number of nitrogens with zero attached hydrogens (tertiary/aromatic N) is 2. The number of hydrogen-bond acceptors (Lipinski definition) is 8. The average Bonchev–Trinajstić information content (AvgIpc) is 3.47. The lowest BCUT2D eigenvalue weighted by atomic mass is 10.1. The average molecular weight is 510 g/mol. The summed E-state index contributed by atoms with van der Waals surface area (Å²) in [4.78, 5) is 20.6. The molecular formula is C25H24FN5O4S. The third-order valence-corrected chi connectivity index (χ3v) is 6.22. The van der Waals surface area contributed by atoms with E-state index in [-0.39, 0.29) is 30.1 Å². The van der Waals surface area contributed by atoms with E-state index in [0.29, 0.717) is 46.8 Å². The molecule has 2 fully saturated rings. The van der Waals surface area contributed by atoms with Gasteiger partial charge in [0.25, 0.3) is 0 Å². The number of nitrogens with one attached hydrogen (secondary N) is 3. The van der Waals surface area contributed by atoms with E-state index in [2.05, 4.69) is 25.9 Å². The minimum Gasteiger partial charge on any atom is -0.465 e. The Morgan fingerprint density at radius 3 is 2.67 bits per heavy atom. The van der Waals surface area contributed by atoms with Crippen LogP contribution < -0.4 is 16.0 Å². The Hall–Kier alpha value is -3.67. The van der Waals surface area contributed by atoms with Crippen LogP contribution in [-0.2, 0) is 14.2 Å². The molecule has 11 heteroatoms. The number of anilines is 2. The topological polar surface area (TPSA) is 107 Å². The number of fused-ring (bicyclic) bond motifs is 1. The van der Waals surface area contributed by atoms with Crippen molar-refractivity contribution >= 4 is 34.9 Å². The fourth-order valence-electron chi connectivity index (χ4n) is 4.33. The van der Waals surface area contributed by atoms with Crippen LogP contribution in [-0.4, -0.2) is 65.7 Å². The summed E-state index contributed by atoms with van der Waals surface area (Å²) in [7, 11) is 1.34. The highest BCUT2D eigenvalue weighted by Crippen LogP contribution is 2.29. The first kappa shape index (κ1) is 24.0. The second kappa shape index (κ2) is 10.5. The summed E-state index contributed by atoms with van der Waals surface area (Å²) < 4.78 is 30.4. The van der Waals surface area contributed by atoms with Crippen LogP contribution in [0.1, 0.15) is 10.4 Å². The molecule has 5 rings (SSSR count). The SMILES string of the molecule is COC(=O)c1cccc(NC(=S)N[C@H]2CO[C@H]3[C@@H]2OC[C@@H]3Nc2nccc(-c3cccc(F)c3)n2)c1. The number of carbonyl (C=O) groups excluding carboxylic acids is 1. The molecule has 186 valence electrons. The van der Waals surface area contributed by atoms with Crippen molar-refractivity contribution in [3.05, 3.63) is 72.2 Å². The molecule has 0 saturated carbocycles. The molecule has 2 aromatic carbocycles. The summed E-state index contributed by atoms with van der Waals surface area (Å²) in [6, 6.07) is 14.5. The number of esters is 1. The molecule has 3 N–H and O–H groups in total. The molecule has 0 spiro atoms. The molecule has 2 saturated heterocycles. The van der Waals surface area contributed by atoms with Crippen LogP contribution in [0, 0.1) is 5.82 Å². The molecular weight excluding hydrogens is 485 g/mol. The first-order valence-electron chi connectivity index (χ1n) is 11.3. The van der Waals surface area contributed by atoms with Crippen molar-refractivity contribution in [1.82, 2.24) is 15.3 Å². The number of ether oxygens (including phenoxy) is 3. The van der Waals surface area contributed by atoms with Crippen LogP contribution in [0.3, 0.4) is 0 Å². The van der Waals surface area contributed by atoms with Crippen LogP contribution in [0.5, 0.6) is 0 Å². The second-order valence-electron chi connectivity index (χ2n) is 8.40. The number of methoxy groups -OCH3 is 1. The minimum atomic E-state index is -0.423. The highest BCUT2D eigenvalue weighted by Gasteiger charge is 2.48. The Balaban J connectivity index is 1.19. The lowest BCUT2D eigenvalue weighted by Gasteiger charge is -2.20. The lowest BCUT2D eigenvalue weighted by Crippen LogP contribution is -2.46. The Labute approximate surface area is 212 Å². The number of rotatable bonds is 6. The maximum Gasteiger partial charge on any atom is 0.337 e. The Morgan fingerprint density at radius 2 is 1.86 bits per heavy atom. The van der Waals surface area contributed by atoms with E-state index >= 15 is 0 Å². The molecule has 1 aromatic heterocycles. The molecule has 0 amide bonds. The van der Waals surface area contributed by atoms with Gasteiger partial charge in [0.1, 0.15) is 18.0 Å². The summed E-state index contributed by atoms with van der Waals surface area (Å²) in [5.41, 5.74) is 2.36. The zero-order valence-corrected chi connectivity index (χ0v) is 20.1. The predicted molar refractivity (Wildman–Crippen MR) is 135 cm³/mol. The minimum absolute atomic E-state index is 0.162. The van der Waals surface area contributed by atoms with Gasteiger partial charge in [0, 0.05) is 17.4 Å². The third-order valence-electron chi connectivity index (χ3n) is 6.00. The van der Waals surface area contributed by atoms with Gasteiger partial charge in [-0.2, -0.15) is 0 Å². The highest BCUT2D eigenvalue weighted by atomic mass is 32.1. The van der Waals surface area contributed by atoms with Gasteiger partial charge < -0.3 is 30.2 Å². The van der Waals surface area contributed by atoms with Crippen molar-refractivity contribution in [3.8, 4) is 11.3 Å². The largest absolute Gasteiger partial charge is 0.465 e. The monoisotopic (exact) mass is 509 g/mol. The van der Waals surface area contributed by atoms with Gasteiger partial charge in [0.2, 0.25) is 5.95 Å². The van der Waals surface area contributed by atoms with Crippen LogP contribution in [0.15, 0.2) is 60.8 Å². The fraction of sp³-hybridized carbons (Fsp3) is 0.280. The van der Waals surface area contributed by atoms with Gasteiger partial charge in [-0.15, -0.1) is 0 Å². The summed E-state index contributed by atoms with van der Waals surface area (Å²) >= 11 is 5.46. The molecule has 0 bridgehead atoms. The first-order chi connectivity index (χ1) is 17.5. The zero-order valence-electron chi connectivity index (χ0n) is 19.3. The van der Waals surface area contributed by atoms with Crippen molar-refractivity contribution in [2.45, 2.75) is 24.3 Å². The van der Waals surface area contributed by atoms with Crippen molar-refractivity contribution in [2.24, 2.45) is 0 Å². The Morgan fingerprint density at radius 1 is 1.08 bits per heavy atom. The summed E-state index contributed by atoms with van der Waals surface area (Å²) in [6.45, 7) is 0.810. The number of carbonyl (C=O) groups is 1. The van der Waals surface area contributed by atoms with Gasteiger partial charge in [-0.3, -0.25) is 0 Å². The molecule has 9 nitrogen and oxygen atoms in total. The van der Waals surface area contributed by atoms with E-state index in [1.54, 1.807) is 48.7 Å². The van der Waals surface area contributed by atoms with Gasteiger partial charge in [0.15, 0.2) is 5.11 Å². The molecule has 2 aliphatic rings. The quantitative estimate of drug-likeness (QED) is 0.339. The predicted octanol–water partition coefficient (Wildman–Crippen LogP) is 3.00. The van der Waals surface area contributed by atoms with E-state index in [1.807, 2.05) is 0 Å². The highest BCUT2D eigenvalue weighted by molar-refractivity contribution is 7.80. The van der Waals surface area contributed by atoms with Gasteiger partial charge in [0.05, 0.1) is 43.7 Å². The normalized spacial score (nSPS) is 22.5. The first-order valence-corrected chi connectivity index (χ1v) is 11.8. The van der Waals surface area contributed by atoms with Crippen LogP contribution >= 0.6 is 12.2 Å². The number of aromatic nitrogens is 2. The van der Waals surface area contributed by atoms with Gasteiger partial charge in [-0.1, -0.05) is 18.2 Å². The van der Waals surface area contributed by atoms with Crippen molar-refractivity contribution < 1.29 is 23.4 Å².